The number of benzene rings is 1. The van der Waals surface area contributed by atoms with Crippen molar-refractivity contribution in [1.29, 1.82) is 0 Å². The molecule has 1 amide bonds. The average Bonchev–Trinajstić information content (AvgIpc) is 2.62. The molecular weight excluding hydrogens is 314 g/mol. The molecule has 0 spiro atoms. The van der Waals surface area contributed by atoms with Gasteiger partial charge in [0.1, 0.15) is 6.04 Å². The van der Waals surface area contributed by atoms with Gasteiger partial charge in [-0.1, -0.05) is 44.2 Å². The van der Waals surface area contributed by atoms with Crippen LogP contribution in [0.25, 0.3) is 0 Å². The molecule has 1 saturated carbocycles. The van der Waals surface area contributed by atoms with E-state index in [4.69, 9.17) is 4.74 Å². The third kappa shape index (κ3) is 5.87. The van der Waals surface area contributed by atoms with E-state index in [2.05, 4.69) is 19.2 Å². The molecule has 0 aliphatic heterocycles. The molecule has 1 aliphatic carbocycles. The molecule has 2 rings (SSSR count). The van der Waals surface area contributed by atoms with Crippen molar-refractivity contribution >= 4 is 11.9 Å². The standard InChI is InChI=1S/C21H31NO3/c1-4-25-21(24)19(14-16-8-6-5-7-9-16)22-20(23)18-12-10-17(11-13-18)15(2)3/h5-9,15,17-19H,4,10-14H2,1-3H3,(H,22,23)/t17-,18-,19-/m1/s1. The Morgan fingerprint density at radius 2 is 1.76 bits per heavy atom. The molecular formula is C21H31NO3. The van der Waals surface area contributed by atoms with Crippen molar-refractivity contribution in [3.8, 4) is 0 Å². The summed E-state index contributed by atoms with van der Waals surface area (Å²) >= 11 is 0. The lowest BCUT2D eigenvalue weighted by atomic mass is 9.76. The van der Waals surface area contributed by atoms with Crippen LogP contribution in [0.4, 0.5) is 0 Å². The molecule has 1 fully saturated rings. The Bertz CT molecular complexity index is 548. The highest BCUT2D eigenvalue weighted by molar-refractivity contribution is 5.86. The van der Waals surface area contributed by atoms with Crippen molar-refractivity contribution in [3.05, 3.63) is 35.9 Å². The number of nitrogens with one attached hydrogen (secondary N) is 1. The van der Waals surface area contributed by atoms with Crippen molar-refractivity contribution < 1.29 is 14.3 Å². The number of hydrogen-bond donors (Lipinski definition) is 1. The van der Waals surface area contributed by atoms with Gasteiger partial charge in [-0.15, -0.1) is 0 Å². The number of carbonyl (C=O) groups is 2. The molecule has 4 heteroatoms. The zero-order chi connectivity index (χ0) is 18.2. The monoisotopic (exact) mass is 345 g/mol. The average molecular weight is 345 g/mol. The number of carbonyl (C=O) groups excluding carboxylic acids is 2. The molecule has 0 heterocycles. The summed E-state index contributed by atoms with van der Waals surface area (Å²) in [5, 5.41) is 2.95. The van der Waals surface area contributed by atoms with Crippen LogP contribution in [0.1, 0.15) is 52.0 Å². The van der Waals surface area contributed by atoms with Gasteiger partial charge in [0, 0.05) is 12.3 Å². The van der Waals surface area contributed by atoms with E-state index in [1.54, 1.807) is 6.92 Å². The molecule has 0 saturated heterocycles. The van der Waals surface area contributed by atoms with Gasteiger partial charge in [-0.2, -0.15) is 0 Å². The molecule has 138 valence electrons. The third-order valence-electron chi connectivity index (χ3n) is 5.26. The van der Waals surface area contributed by atoms with E-state index in [1.807, 2.05) is 30.3 Å². The van der Waals surface area contributed by atoms with Crippen molar-refractivity contribution in [2.75, 3.05) is 6.61 Å². The zero-order valence-corrected chi connectivity index (χ0v) is 15.7. The quantitative estimate of drug-likeness (QED) is 0.766. The molecule has 0 radical (unpaired) electrons. The van der Waals surface area contributed by atoms with E-state index in [0.717, 1.165) is 31.2 Å². The summed E-state index contributed by atoms with van der Waals surface area (Å²) in [4.78, 5) is 24.9. The van der Waals surface area contributed by atoms with Crippen LogP contribution in [0.5, 0.6) is 0 Å². The molecule has 0 aromatic heterocycles. The molecule has 1 aromatic rings. The fourth-order valence-corrected chi connectivity index (χ4v) is 3.62. The minimum atomic E-state index is -0.613. The Balaban J connectivity index is 1.96. The lowest BCUT2D eigenvalue weighted by Gasteiger charge is -2.31. The van der Waals surface area contributed by atoms with Gasteiger partial charge in [-0.05, 0) is 50.0 Å². The second-order valence-corrected chi connectivity index (χ2v) is 7.36. The Hall–Kier alpha value is -1.84. The van der Waals surface area contributed by atoms with Crippen LogP contribution in [0, 0.1) is 17.8 Å². The van der Waals surface area contributed by atoms with Crippen LogP contribution in [0.2, 0.25) is 0 Å². The molecule has 4 nitrogen and oxygen atoms in total. The maximum Gasteiger partial charge on any atom is 0.328 e. The van der Waals surface area contributed by atoms with E-state index in [1.165, 1.54) is 0 Å². The summed E-state index contributed by atoms with van der Waals surface area (Å²) in [6.45, 7) is 6.61. The largest absolute Gasteiger partial charge is 0.464 e. The Morgan fingerprint density at radius 1 is 1.12 bits per heavy atom. The van der Waals surface area contributed by atoms with Gasteiger partial charge >= 0.3 is 5.97 Å². The van der Waals surface area contributed by atoms with Gasteiger partial charge in [-0.25, -0.2) is 4.79 Å². The van der Waals surface area contributed by atoms with Gasteiger partial charge in [0.15, 0.2) is 0 Å². The van der Waals surface area contributed by atoms with Gasteiger partial charge in [0.05, 0.1) is 6.61 Å². The number of esters is 1. The van der Waals surface area contributed by atoms with Crippen molar-refractivity contribution in [2.45, 2.75) is 58.9 Å². The molecule has 0 unspecified atom stereocenters. The first-order valence-electron chi connectivity index (χ1n) is 9.52. The predicted molar refractivity (Wildman–Crippen MR) is 99.0 cm³/mol. The normalized spacial score (nSPS) is 21.6. The molecule has 1 aliphatic rings. The van der Waals surface area contributed by atoms with Crippen LogP contribution >= 0.6 is 0 Å². The number of ether oxygens (including phenoxy) is 1. The van der Waals surface area contributed by atoms with Crippen LogP contribution < -0.4 is 5.32 Å². The van der Waals surface area contributed by atoms with Crippen molar-refractivity contribution in [3.63, 3.8) is 0 Å². The Kier molecular flexibility index (Phi) is 7.48. The van der Waals surface area contributed by atoms with Gasteiger partial charge < -0.3 is 10.1 Å². The molecule has 0 bridgehead atoms. The number of amides is 1. The minimum absolute atomic E-state index is 0.00353. The van der Waals surface area contributed by atoms with E-state index >= 15 is 0 Å². The molecule has 1 aromatic carbocycles. The highest BCUT2D eigenvalue weighted by Crippen LogP contribution is 2.33. The summed E-state index contributed by atoms with van der Waals surface area (Å²) < 4.78 is 5.16. The highest BCUT2D eigenvalue weighted by Gasteiger charge is 2.30. The van der Waals surface area contributed by atoms with Crippen molar-refractivity contribution in [1.82, 2.24) is 5.32 Å². The SMILES string of the molecule is CCOC(=O)[C@@H](Cc1ccccc1)NC(=O)[C@H]1CC[C@H](C(C)C)CC1. The zero-order valence-electron chi connectivity index (χ0n) is 15.7. The van der Waals surface area contributed by atoms with Crippen LogP contribution in [0.15, 0.2) is 30.3 Å². The Labute approximate surface area is 151 Å². The first kappa shape index (κ1) is 19.5. The summed E-state index contributed by atoms with van der Waals surface area (Å²) in [7, 11) is 0. The fourth-order valence-electron chi connectivity index (χ4n) is 3.62. The first-order valence-corrected chi connectivity index (χ1v) is 9.52. The summed E-state index contributed by atoms with van der Waals surface area (Å²) in [5.41, 5.74) is 1.02. The maximum atomic E-state index is 12.7. The predicted octanol–water partition coefficient (Wildman–Crippen LogP) is 3.74. The van der Waals surface area contributed by atoms with Gasteiger partial charge in [0.2, 0.25) is 5.91 Å². The first-order chi connectivity index (χ1) is 12.0. The van der Waals surface area contributed by atoms with Crippen molar-refractivity contribution in [2.24, 2.45) is 17.8 Å². The van der Waals surface area contributed by atoms with Crippen LogP contribution in [0.3, 0.4) is 0 Å². The lowest BCUT2D eigenvalue weighted by molar-refractivity contribution is -0.148. The second kappa shape index (κ2) is 9.59. The second-order valence-electron chi connectivity index (χ2n) is 7.36. The smallest absolute Gasteiger partial charge is 0.328 e. The van der Waals surface area contributed by atoms with E-state index in [9.17, 15) is 9.59 Å². The fraction of sp³-hybridized carbons (Fsp3) is 0.619. The van der Waals surface area contributed by atoms with Gasteiger partial charge in [-0.3, -0.25) is 4.79 Å². The lowest BCUT2D eigenvalue weighted by Crippen LogP contribution is -2.46. The highest BCUT2D eigenvalue weighted by atomic mass is 16.5. The van der Waals surface area contributed by atoms with E-state index in [-0.39, 0.29) is 17.8 Å². The molecule has 1 atom stereocenters. The topological polar surface area (TPSA) is 55.4 Å². The van der Waals surface area contributed by atoms with Crippen LogP contribution in [-0.2, 0) is 20.7 Å². The number of hydrogen-bond acceptors (Lipinski definition) is 3. The summed E-state index contributed by atoms with van der Waals surface area (Å²) in [6.07, 6.45) is 4.48. The minimum Gasteiger partial charge on any atom is -0.464 e. The third-order valence-corrected chi connectivity index (χ3v) is 5.26. The van der Waals surface area contributed by atoms with E-state index < -0.39 is 6.04 Å². The summed E-state index contributed by atoms with van der Waals surface area (Å²) in [6, 6.07) is 9.13. The number of rotatable bonds is 7. The Morgan fingerprint density at radius 3 is 2.32 bits per heavy atom. The summed E-state index contributed by atoms with van der Waals surface area (Å²) in [5.74, 6) is 1.05. The maximum absolute atomic E-state index is 12.7. The molecule has 1 N–H and O–H groups in total. The van der Waals surface area contributed by atoms with Crippen LogP contribution in [-0.4, -0.2) is 24.5 Å². The van der Waals surface area contributed by atoms with Gasteiger partial charge in [0.25, 0.3) is 0 Å². The van der Waals surface area contributed by atoms with E-state index in [0.29, 0.717) is 24.9 Å². The molecule has 25 heavy (non-hydrogen) atoms.